The zero-order valence-electron chi connectivity index (χ0n) is 12.6. The monoisotopic (exact) mass is 266 g/mol. The maximum atomic E-state index is 12.1. The predicted octanol–water partition coefficient (Wildman–Crippen LogP) is 2.71. The molecule has 110 valence electrons. The van der Waals surface area contributed by atoms with E-state index >= 15 is 0 Å². The lowest BCUT2D eigenvalue weighted by Crippen LogP contribution is -2.42. The standard InChI is InChI=1S/C16H30N2O/c1-12-4-3-5-14(10-12)6-8-18-16(19)15-7-9-17-13(2)11-15/h12-15,17H,3-11H2,1-2H3,(H,18,19). The molecule has 0 spiro atoms. The second-order valence-corrected chi connectivity index (χ2v) is 6.79. The molecule has 1 aliphatic heterocycles. The van der Waals surface area contributed by atoms with Crippen LogP contribution in [0.25, 0.3) is 0 Å². The van der Waals surface area contributed by atoms with Crippen LogP contribution in [0.15, 0.2) is 0 Å². The Hall–Kier alpha value is -0.570. The normalized spacial score (nSPS) is 35.9. The SMILES string of the molecule is CC1CCCC(CCNC(=O)C2CCNC(C)C2)C1. The van der Waals surface area contributed by atoms with E-state index in [-0.39, 0.29) is 11.8 Å². The van der Waals surface area contributed by atoms with Crippen molar-refractivity contribution >= 4 is 5.91 Å². The first-order valence-electron chi connectivity index (χ1n) is 8.16. The van der Waals surface area contributed by atoms with E-state index in [2.05, 4.69) is 24.5 Å². The van der Waals surface area contributed by atoms with Crippen LogP contribution in [-0.2, 0) is 4.79 Å². The van der Waals surface area contributed by atoms with Crippen molar-refractivity contribution in [1.29, 1.82) is 0 Å². The molecule has 19 heavy (non-hydrogen) atoms. The van der Waals surface area contributed by atoms with Crippen molar-refractivity contribution in [2.24, 2.45) is 17.8 Å². The molecule has 1 amide bonds. The second kappa shape index (κ2) is 7.28. The van der Waals surface area contributed by atoms with Gasteiger partial charge in [0.05, 0.1) is 0 Å². The Morgan fingerprint density at radius 1 is 1.21 bits per heavy atom. The minimum absolute atomic E-state index is 0.238. The molecule has 0 radical (unpaired) electrons. The van der Waals surface area contributed by atoms with Crippen LogP contribution in [0.1, 0.15) is 58.8 Å². The number of hydrogen-bond acceptors (Lipinski definition) is 2. The van der Waals surface area contributed by atoms with Gasteiger partial charge in [0.1, 0.15) is 0 Å². The third-order valence-corrected chi connectivity index (χ3v) is 4.89. The molecule has 0 aromatic carbocycles. The Bertz CT molecular complexity index is 292. The van der Waals surface area contributed by atoms with Gasteiger partial charge in [-0.15, -0.1) is 0 Å². The molecule has 1 saturated carbocycles. The molecular weight excluding hydrogens is 236 g/mol. The van der Waals surface area contributed by atoms with Crippen molar-refractivity contribution in [1.82, 2.24) is 10.6 Å². The maximum Gasteiger partial charge on any atom is 0.223 e. The van der Waals surface area contributed by atoms with Crippen molar-refractivity contribution in [3.63, 3.8) is 0 Å². The number of carbonyl (C=O) groups is 1. The first-order chi connectivity index (χ1) is 9.15. The third-order valence-electron chi connectivity index (χ3n) is 4.89. The van der Waals surface area contributed by atoms with E-state index in [0.717, 1.165) is 37.8 Å². The van der Waals surface area contributed by atoms with Gasteiger partial charge < -0.3 is 10.6 Å². The Balaban J connectivity index is 1.63. The highest BCUT2D eigenvalue weighted by atomic mass is 16.1. The number of rotatable bonds is 4. The van der Waals surface area contributed by atoms with Gasteiger partial charge in [-0.1, -0.05) is 26.2 Å². The predicted molar refractivity (Wildman–Crippen MR) is 78.9 cm³/mol. The van der Waals surface area contributed by atoms with Crippen LogP contribution in [0, 0.1) is 17.8 Å². The summed E-state index contributed by atoms with van der Waals surface area (Å²) in [6, 6.07) is 0.490. The fourth-order valence-corrected chi connectivity index (χ4v) is 3.74. The number of amides is 1. The van der Waals surface area contributed by atoms with Crippen LogP contribution < -0.4 is 10.6 Å². The van der Waals surface area contributed by atoms with Crippen molar-refractivity contribution in [2.45, 2.75) is 64.8 Å². The minimum Gasteiger partial charge on any atom is -0.356 e. The summed E-state index contributed by atoms with van der Waals surface area (Å²) >= 11 is 0. The number of nitrogens with one attached hydrogen (secondary N) is 2. The first-order valence-corrected chi connectivity index (χ1v) is 8.16. The molecule has 1 heterocycles. The van der Waals surface area contributed by atoms with Crippen LogP contribution in [0.2, 0.25) is 0 Å². The van der Waals surface area contributed by atoms with Gasteiger partial charge in [-0.05, 0) is 51.0 Å². The van der Waals surface area contributed by atoms with Gasteiger partial charge in [0.25, 0.3) is 0 Å². The van der Waals surface area contributed by atoms with Gasteiger partial charge in [0.15, 0.2) is 0 Å². The van der Waals surface area contributed by atoms with E-state index in [0.29, 0.717) is 6.04 Å². The topological polar surface area (TPSA) is 41.1 Å². The highest BCUT2D eigenvalue weighted by Crippen LogP contribution is 2.30. The third kappa shape index (κ3) is 4.79. The van der Waals surface area contributed by atoms with Crippen LogP contribution in [0.3, 0.4) is 0 Å². The largest absolute Gasteiger partial charge is 0.356 e. The van der Waals surface area contributed by atoms with Gasteiger partial charge in [-0.2, -0.15) is 0 Å². The Morgan fingerprint density at radius 2 is 2.05 bits per heavy atom. The molecule has 2 aliphatic rings. The molecule has 4 atom stereocenters. The Labute approximate surface area is 117 Å². The lowest BCUT2D eigenvalue weighted by Gasteiger charge is -2.28. The summed E-state index contributed by atoms with van der Waals surface area (Å²) in [5.74, 6) is 2.26. The summed E-state index contributed by atoms with van der Waals surface area (Å²) in [5.41, 5.74) is 0. The number of carbonyl (C=O) groups excluding carboxylic acids is 1. The molecule has 3 nitrogen and oxygen atoms in total. The first kappa shape index (κ1) is 14.8. The molecule has 1 saturated heterocycles. The van der Waals surface area contributed by atoms with E-state index in [9.17, 15) is 4.79 Å². The fraction of sp³-hybridized carbons (Fsp3) is 0.938. The molecular formula is C16H30N2O. The van der Waals surface area contributed by atoms with E-state index in [1.165, 1.54) is 32.1 Å². The summed E-state index contributed by atoms with van der Waals surface area (Å²) in [6.45, 7) is 6.40. The molecule has 0 aromatic heterocycles. The summed E-state index contributed by atoms with van der Waals surface area (Å²) in [7, 11) is 0. The van der Waals surface area contributed by atoms with Gasteiger partial charge in [-0.3, -0.25) is 4.79 Å². The van der Waals surface area contributed by atoms with Crippen LogP contribution in [0.4, 0.5) is 0 Å². The lowest BCUT2D eigenvalue weighted by molar-refractivity contribution is -0.126. The van der Waals surface area contributed by atoms with Crippen molar-refractivity contribution in [3.05, 3.63) is 0 Å². The molecule has 0 aromatic rings. The van der Waals surface area contributed by atoms with Crippen molar-refractivity contribution in [3.8, 4) is 0 Å². The highest BCUT2D eigenvalue weighted by Gasteiger charge is 2.25. The minimum atomic E-state index is 0.238. The summed E-state index contributed by atoms with van der Waals surface area (Å²) in [5, 5.41) is 6.57. The molecule has 3 heteroatoms. The average molecular weight is 266 g/mol. The van der Waals surface area contributed by atoms with Crippen LogP contribution in [-0.4, -0.2) is 25.0 Å². The van der Waals surface area contributed by atoms with Gasteiger partial charge >= 0.3 is 0 Å². The molecule has 1 aliphatic carbocycles. The van der Waals surface area contributed by atoms with E-state index in [1.54, 1.807) is 0 Å². The molecule has 4 unspecified atom stereocenters. The average Bonchev–Trinajstić information content (AvgIpc) is 2.38. The number of piperidine rings is 1. The molecule has 0 bridgehead atoms. The summed E-state index contributed by atoms with van der Waals surface area (Å²) in [4.78, 5) is 12.1. The van der Waals surface area contributed by atoms with Crippen LogP contribution >= 0.6 is 0 Å². The van der Waals surface area contributed by atoms with E-state index < -0.39 is 0 Å². The lowest BCUT2D eigenvalue weighted by atomic mass is 9.81. The van der Waals surface area contributed by atoms with E-state index in [4.69, 9.17) is 0 Å². The van der Waals surface area contributed by atoms with E-state index in [1.807, 2.05) is 0 Å². The summed E-state index contributed by atoms with van der Waals surface area (Å²) in [6.07, 6.45) is 8.67. The Kier molecular flexibility index (Phi) is 5.68. The zero-order valence-corrected chi connectivity index (χ0v) is 12.6. The van der Waals surface area contributed by atoms with Gasteiger partial charge in [0, 0.05) is 18.5 Å². The van der Waals surface area contributed by atoms with Crippen LogP contribution in [0.5, 0.6) is 0 Å². The van der Waals surface area contributed by atoms with Crippen molar-refractivity contribution < 1.29 is 4.79 Å². The smallest absolute Gasteiger partial charge is 0.223 e. The summed E-state index contributed by atoms with van der Waals surface area (Å²) < 4.78 is 0. The maximum absolute atomic E-state index is 12.1. The second-order valence-electron chi connectivity index (χ2n) is 6.79. The number of hydrogen-bond donors (Lipinski definition) is 2. The zero-order chi connectivity index (χ0) is 13.7. The fourth-order valence-electron chi connectivity index (χ4n) is 3.74. The Morgan fingerprint density at radius 3 is 2.79 bits per heavy atom. The van der Waals surface area contributed by atoms with Gasteiger partial charge in [0.2, 0.25) is 5.91 Å². The van der Waals surface area contributed by atoms with Crippen molar-refractivity contribution in [2.75, 3.05) is 13.1 Å². The quantitative estimate of drug-likeness (QED) is 0.821. The van der Waals surface area contributed by atoms with Gasteiger partial charge in [-0.25, -0.2) is 0 Å². The molecule has 2 fully saturated rings. The molecule has 2 N–H and O–H groups in total. The molecule has 2 rings (SSSR count). The highest BCUT2D eigenvalue weighted by molar-refractivity contribution is 5.78.